The van der Waals surface area contributed by atoms with Gasteiger partial charge in [-0.2, -0.15) is 5.26 Å². The SMILES string of the molecule is CC(CC(=O)O)Nc1cc(C#N)ccc1Cl. The number of carboxylic acids is 1. The van der Waals surface area contributed by atoms with Crippen LogP contribution in [0, 0.1) is 11.3 Å². The number of rotatable bonds is 4. The summed E-state index contributed by atoms with van der Waals surface area (Å²) in [6.07, 6.45) is -0.00684. The van der Waals surface area contributed by atoms with Crippen molar-refractivity contribution in [3.8, 4) is 6.07 Å². The molecule has 2 N–H and O–H groups in total. The Labute approximate surface area is 98.5 Å². The van der Waals surface area contributed by atoms with Crippen molar-refractivity contribution in [2.45, 2.75) is 19.4 Å². The Kier molecular flexibility index (Phi) is 4.15. The predicted molar refractivity (Wildman–Crippen MR) is 61.5 cm³/mol. The molecule has 5 heteroatoms. The molecule has 0 aliphatic carbocycles. The van der Waals surface area contributed by atoms with Crippen molar-refractivity contribution in [2.75, 3.05) is 5.32 Å². The van der Waals surface area contributed by atoms with Gasteiger partial charge in [-0.05, 0) is 25.1 Å². The minimum atomic E-state index is -0.882. The van der Waals surface area contributed by atoms with Gasteiger partial charge in [0.15, 0.2) is 0 Å². The van der Waals surface area contributed by atoms with Crippen LogP contribution >= 0.6 is 11.6 Å². The number of nitriles is 1. The smallest absolute Gasteiger partial charge is 0.305 e. The lowest BCUT2D eigenvalue weighted by atomic mass is 10.2. The Balaban J connectivity index is 2.80. The molecule has 0 saturated carbocycles. The maximum absolute atomic E-state index is 10.5. The lowest BCUT2D eigenvalue weighted by Crippen LogP contribution is -2.19. The number of carbonyl (C=O) groups is 1. The maximum atomic E-state index is 10.5. The summed E-state index contributed by atoms with van der Waals surface area (Å²) in [5, 5.41) is 20.7. The fourth-order valence-electron chi connectivity index (χ4n) is 1.28. The van der Waals surface area contributed by atoms with Gasteiger partial charge in [0.1, 0.15) is 0 Å². The van der Waals surface area contributed by atoms with Gasteiger partial charge in [-0.25, -0.2) is 0 Å². The second-order valence-corrected chi connectivity index (χ2v) is 3.86. The maximum Gasteiger partial charge on any atom is 0.305 e. The molecule has 0 saturated heterocycles. The zero-order valence-electron chi connectivity index (χ0n) is 8.70. The van der Waals surface area contributed by atoms with E-state index in [1.807, 2.05) is 6.07 Å². The van der Waals surface area contributed by atoms with Crippen molar-refractivity contribution >= 4 is 23.3 Å². The van der Waals surface area contributed by atoms with Crippen molar-refractivity contribution in [1.82, 2.24) is 0 Å². The summed E-state index contributed by atoms with van der Waals surface area (Å²) in [5.74, 6) is -0.882. The normalized spacial score (nSPS) is 11.6. The molecule has 84 valence electrons. The highest BCUT2D eigenvalue weighted by Crippen LogP contribution is 2.23. The van der Waals surface area contributed by atoms with Crippen LogP contribution in [0.2, 0.25) is 5.02 Å². The van der Waals surface area contributed by atoms with Crippen LogP contribution in [0.3, 0.4) is 0 Å². The number of halogens is 1. The number of nitrogens with zero attached hydrogens (tertiary/aromatic N) is 1. The van der Waals surface area contributed by atoms with Gasteiger partial charge in [-0.3, -0.25) is 4.79 Å². The van der Waals surface area contributed by atoms with Gasteiger partial charge in [0.25, 0.3) is 0 Å². The van der Waals surface area contributed by atoms with Crippen LogP contribution in [0.5, 0.6) is 0 Å². The van der Waals surface area contributed by atoms with E-state index in [-0.39, 0.29) is 12.5 Å². The van der Waals surface area contributed by atoms with Crippen molar-refractivity contribution in [1.29, 1.82) is 5.26 Å². The molecule has 0 spiro atoms. The highest BCUT2D eigenvalue weighted by Gasteiger charge is 2.09. The van der Waals surface area contributed by atoms with Crippen LogP contribution in [-0.2, 0) is 4.79 Å². The second kappa shape index (κ2) is 5.38. The molecule has 0 radical (unpaired) electrons. The van der Waals surface area contributed by atoms with E-state index < -0.39 is 5.97 Å². The highest BCUT2D eigenvalue weighted by molar-refractivity contribution is 6.33. The van der Waals surface area contributed by atoms with E-state index in [2.05, 4.69) is 5.32 Å². The third kappa shape index (κ3) is 3.44. The molecule has 0 fully saturated rings. The molecule has 1 aromatic carbocycles. The van der Waals surface area contributed by atoms with E-state index in [0.717, 1.165) is 0 Å². The third-order valence-corrected chi connectivity index (χ3v) is 2.31. The van der Waals surface area contributed by atoms with Crippen LogP contribution in [0.1, 0.15) is 18.9 Å². The molecule has 0 bridgehead atoms. The number of aliphatic carboxylic acids is 1. The Morgan fingerprint density at radius 2 is 2.38 bits per heavy atom. The molecule has 0 aromatic heterocycles. The summed E-state index contributed by atoms with van der Waals surface area (Å²) in [6.45, 7) is 1.74. The van der Waals surface area contributed by atoms with E-state index in [1.54, 1.807) is 25.1 Å². The standard InChI is InChI=1S/C11H11ClN2O2/c1-7(4-11(15)16)14-10-5-8(6-13)2-3-9(10)12/h2-3,5,7,14H,4H2,1H3,(H,15,16). The van der Waals surface area contributed by atoms with Crippen LogP contribution < -0.4 is 5.32 Å². The zero-order chi connectivity index (χ0) is 12.1. The van der Waals surface area contributed by atoms with E-state index in [4.69, 9.17) is 22.0 Å². The number of hydrogen-bond donors (Lipinski definition) is 2. The van der Waals surface area contributed by atoms with Gasteiger partial charge in [0.05, 0.1) is 28.8 Å². The molecule has 1 rings (SSSR count). The topological polar surface area (TPSA) is 73.1 Å². The first-order chi connectivity index (χ1) is 7.52. The fraction of sp³-hybridized carbons (Fsp3) is 0.273. The fourth-order valence-corrected chi connectivity index (χ4v) is 1.46. The average molecular weight is 239 g/mol. The summed E-state index contributed by atoms with van der Waals surface area (Å²) in [7, 11) is 0. The largest absolute Gasteiger partial charge is 0.481 e. The van der Waals surface area contributed by atoms with E-state index >= 15 is 0 Å². The predicted octanol–water partition coefficient (Wildman–Crippen LogP) is 2.49. The van der Waals surface area contributed by atoms with Crippen molar-refractivity contribution < 1.29 is 9.90 Å². The van der Waals surface area contributed by atoms with Crippen molar-refractivity contribution in [3.05, 3.63) is 28.8 Å². The van der Waals surface area contributed by atoms with Gasteiger partial charge in [0.2, 0.25) is 0 Å². The van der Waals surface area contributed by atoms with Gasteiger partial charge >= 0.3 is 5.97 Å². The summed E-state index contributed by atoms with van der Waals surface area (Å²) in [6, 6.07) is 6.56. The lowest BCUT2D eigenvalue weighted by Gasteiger charge is -2.14. The Morgan fingerprint density at radius 1 is 1.69 bits per heavy atom. The number of nitrogens with one attached hydrogen (secondary N) is 1. The Hall–Kier alpha value is -1.73. The Morgan fingerprint density at radius 3 is 2.94 bits per heavy atom. The molecule has 1 aromatic rings. The summed E-state index contributed by atoms with van der Waals surface area (Å²) < 4.78 is 0. The minimum Gasteiger partial charge on any atom is -0.481 e. The zero-order valence-corrected chi connectivity index (χ0v) is 9.45. The molecular formula is C11H11ClN2O2. The second-order valence-electron chi connectivity index (χ2n) is 3.45. The van der Waals surface area contributed by atoms with Gasteiger partial charge < -0.3 is 10.4 Å². The van der Waals surface area contributed by atoms with Gasteiger partial charge in [-0.1, -0.05) is 11.6 Å². The van der Waals surface area contributed by atoms with Crippen LogP contribution in [0.25, 0.3) is 0 Å². The number of benzene rings is 1. The number of hydrogen-bond acceptors (Lipinski definition) is 3. The molecule has 1 unspecified atom stereocenters. The first kappa shape index (κ1) is 12.3. The number of anilines is 1. The summed E-state index contributed by atoms with van der Waals surface area (Å²) in [4.78, 5) is 10.5. The van der Waals surface area contributed by atoms with E-state index in [9.17, 15) is 4.79 Å². The lowest BCUT2D eigenvalue weighted by molar-refractivity contribution is -0.137. The van der Waals surface area contributed by atoms with E-state index in [0.29, 0.717) is 16.3 Å². The molecule has 0 heterocycles. The van der Waals surface area contributed by atoms with Crippen LogP contribution in [0.15, 0.2) is 18.2 Å². The van der Waals surface area contributed by atoms with E-state index in [1.165, 1.54) is 0 Å². The Bertz CT molecular complexity index is 440. The van der Waals surface area contributed by atoms with Crippen LogP contribution in [0.4, 0.5) is 5.69 Å². The monoisotopic (exact) mass is 238 g/mol. The number of carboxylic acid groups (broad SMARTS) is 1. The minimum absolute atomic E-state index is 0.00684. The third-order valence-electron chi connectivity index (χ3n) is 1.98. The van der Waals surface area contributed by atoms with Crippen molar-refractivity contribution in [3.63, 3.8) is 0 Å². The molecular weight excluding hydrogens is 228 g/mol. The van der Waals surface area contributed by atoms with Crippen molar-refractivity contribution in [2.24, 2.45) is 0 Å². The molecule has 4 nitrogen and oxygen atoms in total. The molecule has 1 atom stereocenters. The quantitative estimate of drug-likeness (QED) is 0.845. The molecule has 0 aliphatic heterocycles. The van der Waals surface area contributed by atoms with Gasteiger partial charge in [-0.15, -0.1) is 0 Å². The molecule has 0 amide bonds. The average Bonchev–Trinajstić information content (AvgIpc) is 2.20. The first-order valence-corrected chi connectivity index (χ1v) is 5.08. The first-order valence-electron chi connectivity index (χ1n) is 4.71. The summed E-state index contributed by atoms with van der Waals surface area (Å²) in [5.41, 5.74) is 1.06. The highest BCUT2D eigenvalue weighted by atomic mass is 35.5. The summed E-state index contributed by atoms with van der Waals surface area (Å²) >= 11 is 5.91. The molecule has 16 heavy (non-hydrogen) atoms. The van der Waals surface area contributed by atoms with Crippen LogP contribution in [-0.4, -0.2) is 17.1 Å². The molecule has 0 aliphatic rings. The van der Waals surface area contributed by atoms with Gasteiger partial charge in [0, 0.05) is 6.04 Å².